The van der Waals surface area contributed by atoms with Gasteiger partial charge in [-0.15, -0.1) is 0 Å². The van der Waals surface area contributed by atoms with E-state index in [1.54, 1.807) is 24.3 Å². The van der Waals surface area contributed by atoms with Crippen molar-refractivity contribution < 1.29 is 17.5 Å². The van der Waals surface area contributed by atoms with Crippen molar-refractivity contribution in [3.63, 3.8) is 0 Å². The van der Waals surface area contributed by atoms with Gasteiger partial charge >= 0.3 is 0 Å². The summed E-state index contributed by atoms with van der Waals surface area (Å²) in [4.78, 5) is 0. The van der Waals surface area contributed by atoms with Gasteiger partial charge in [0.15, 0.2) is 0 Å². The normalized spacial score (nSPS) is 13.2. The summed E-state index contributed by atoms with van der Waals surface area (Å²) in [5, 5.41) is 0. The SMILES string of the molecule is O=S([O-])Nc1ccc(CCCCCCc2ccc(NS(=O)[O-])cc2)cc1. The largest absolute Gasteiger partial charge is 0.755 e. The smallest absolute Gasteiger partial charge is 0.0452 e. The van der Waals surface area contributed by atoms with E-state index in [-0.39, 0.29) is 0 Å². The summed E-state index contributed by atoms with van der Waals surface area (Å²) in [5.41, 5.74) is 3.55. The van der Waals surface area contributed by atoms with Gasteiger partial charge in [-0.05, 0) is 61.1 Å². The number of anilines is 2. The Hall–Kier alpha value is -1.74. The Labute approximate surface area is 159 Å². The van der Waals surface area contributed by atoms with Gasteiger partial charge in [0, 0.05) is 33.9 Å². The molecule has 0 fully saturated rings. The molecule has 0 bridgehead atoms. The predicted molar refractivity (Wildman–Crippen MR) is 104 cm³/mol. The van der Waals surface area contributed by atoms with Crippen LogP contribution in [-0.2, 0) is 35.4 Å². The fraction of sp³-hybridized carbons (Fsp3) is 0.333. The molecular weight excluding hydrogens is 372 g/mol. The second kappa shape index (κ2) is 11.1. The Bertz CT molecular complexity index is 657. The molecule has 0 saturated heterocycles. The van der Waals surface area contributed by atoms with Crippen molar-refractivity contribution >= 4 is 33.9 Å². The lowest BCUT2D eigenvalue weighted by atomic mass is 10.0. The fourth-order valence-electron chi connectivity index (χ4n) is 2.68. The molecule has 2 aromatic rings. The Balaban J connectivity index is 1.60. The maximum atomic E-state index is 10.5. The summed E-state index contributed by atoms with van der Waals surface area (Å²) in [5.74, 6) is 0. The molecule has 0 radical (unpaired) electrons. The summed E-state index contributed by atoms with van der Waals surface area (Å²) >= 11 is -4.57. The average Bonchev–Trinajstić information content (AvgIpc) is 2.60. The van der Waals surface area contributed by atoms with Crippen LogP contribution in [0, 0.1) is 0 Å². The number of unbranched alkanes of at least 4 members (excludes halogenated alkanes) is 3. The zero-order valence-corrected chi connectivity index (χ0v) is 15.9. The number of hydrogen-bond donors (Lipinski definition) is 2. The topological polar surface area (TPSA) is 104 Å². The van der Waals surface area contributed by atoms with E-state index in [2.05, 4.69) is 9.44 Å². The van der Waals surface area contributed by atoms with Gasteiger partial charge in [-0.3, -0.25) is 8.42 Å². The van der Waals surface area contributed by atoms with Crippen molar-refractivity contribution in [1.29, 1.82) is 0 Å². The van der Waals surface area contributed by atoms with Gasteiger partial charge in [0.2, 0.25) is 0 Å². The van der Waals surface area contributed by atoms with E-state index in [4.69, 9.17) is 0 Å². The van der Waals surface area contributed by atoms with Crippen LogP contribution in [0.25, 0.3) is 0 Å². The van der Waals surface area contributed by atoms with E-state index in [9.17, 15) is 17.5 Å². The molecule has 0 aliphatic heterocycles. The summed E-state index contributed by atoms with van der Waals surface area (Å²) < 4.78 is 46.8. The van der Waals surface area contributed by atoms with Gasteiger partial charge in [0.25, 0.3) is 0 Å². The first-order chi connectivity index (χ1) is 12.5. The Morgan fingerprint density at radius 1 is 0.615 bits per heavy atom. The summed E-state index contributed by atoms with van der Waals surface area (Å²) in [6, 6.07) is 14.9. The first-order valence-electron chi connectivity index (χ1n) is 8.42. The minimum absolute atomic E-state index is 0.574. The molecule has 0 amide bonds. The van der Waals surface area contributed by atoms with E-state index in [1.807, 2.05) is 24.3 Å². The van der Waals surface area contributed by atoms with Crippen molar-refractivity contribution in [3.05, 3.63) is 59.7 Å². The highest BCUT2D eigenvalue weighted by Gasteiger charge is 1.98. The maximum absolute atomic E-state index is 10.5. The minimum Gasteiger partial charge on any atom is -0.755 e. The van der Waals surface area contributed by atoms with Crippen LogP contribution in [0.15, 0.2) is 48.5 Å². The molecular formula is C18H22N2O4S2-2. The van der Waals surface area contributed by atoms with Crippen molar-refractivity contribution in [2.75, 3.05) is 9.44 Å². The molecule has 8 heteroatoms. The summed E-state index contributed by atoms with van der Waals surface area (Å²) in [7, 11) is 0. The molecule has 142 valence electrons. The van der Waals surface area contributed by atoms with E-state index in [0.717, 1.165) is 38.5 Å². The lowest BCUT2D eigenvalue weighted by Gasteiger charge is -2.09. The van der Waals surface area contributed by atoms with Crippen LogP contribution >= 0.6 is 0 Å². The minimum atomic E-state index is -2.28. The van der Waals surface area contributed by atoms with Crippen LogP contribution < -0.4 is 9.44 Å². The van der Waals surface area contributed by atoms with Crippen molar-refractivity contribution in [1.82, 2.24) is 0 Å². The van der Waals surface area contributed by atoms with Crippen molar-refractivity contribution in [3.8, 4) is 0 Å². The van der Waals surface area contributed by atoms with Gasteiger partial charge in [-0.2, -0.15) is 0 Å². The maximum Gasteiger partial charge on any atom is 0.0452 e. The average molecular weight is 395 g/mol. The monoisotopic (exact) mass is 394 g/mol. The summed E-state index contributed by atoms with van der Waals surface area (Å²) in [6.45, 7) is 0. The van der Waals surface area contributed by atoms with Crippen molar-refractivity contribution in [2.45, 2.75) is 38.5 Å². The van der Waals surface area contributed by atoms with Gasteiger partial charge < -0.3 is 18.5 Å². The second-order valence-electron chi connectivity index (χ2n) is 5.98. The molecule has 2 rings (SSSR count). The lowest BCUT2D eigenvalue weighted by Crippen LogP contribution is -2.02. The van der Waals surface area contributed by atoms with Crippen LogP contribution in [0.1, 0.15) is 36.8 Å². The zero-order valence-electron chi connectivity index (χ0n) is 14.3. The van der Waals surface area contributed by atoms with Crippen LogP contribution in [0.2, 0.25) is 0 Å². The highest BCUT2D eigenvalue weighted by molar-refractivity contribution is 7.80. The second-order valence-corrected chi connectivity index (χ2v) is 7.33. The first-order valence-corrected chi connectivity index (χ1v) is 10.6. The van der Waals surface area contributed by atoms with Gasteiger partial charge in [0.05, 0.1) is 0 Å². The predicted octanol–water partition coefficient (Wildman–Crippen LogP) is 3.44. The Morgan fingerprint density at radius 2 is 0.962 bits per heavy atom. The van der Waals surface area contributed by atoms with Crippen LogP contribution in [0.4, 0.5) is 11.4 Å². The molecule has 0 aliphatic rings. The highest BCUT2D eigenvalue weighted by Crippen LogP contribution is 2.15. The van der Waals surface area contributed by atoms with Crippen LogP contribution in [0.3, 0.4) is 0 Å². The van der Waals surface area contributed by atoms with Gasteiger partial charge in [-0.1, -0.05) is 37.1 Å². The molecule has 0 aromatic heterocycles. The molecule has 0 spiro atoms. The van der Waals surface area contributed by atoms with E-state index >= 15 is 0 Å². The molecule has 0 saturated carbocycles. The van der Waals surface area contributed by atoms with Crippen LogP contribution in [0.5, 0.6) is 0 Å². The molecule has 2 atom stereocenters. The van der Waals surface area contributed by atoms with Gasteiger partial charge in [-0.25, -0.2) is 0 Å². The first kappa shape index (κ1) is 20.6. The van der Waals surface area contributed by atoms with E-state index in [1.165, 1.54) is 11.1 Å². The van der Waals surface area contributed by atoms with Crippen molar-refractivity contribution in [2.24, 2.45) is 0 Å². The molecule has 0 heterocycles. The third kappa shape index (κ3) is 8.09. The molecule has 0 aliphatic carbocycles. The molecule has 26 heavy (non-hydrogen) atoms. The fourth-order valence-corrected chi connectivity index (χ4v) is 3.34. The standard InChI is InChI=1S/C18H24N2O4S2/c21-25(22)19-17-11-7-15(8-12-17)5-3-1-2-4-6-16-9-13-18(14-10-16)20-26(23)24/h7-14,19-20H,1-6H2,(H,21,22)(H,23,24)/p-2. The van der Waals surface area contributed by atoms with Crippen LogP contribution in [-0.4, -0.2) is 17.5 Å². The number of benzene rings is 2. The molecule has 2 unspecified atom stereocenters. The molecule has 2 N–H and O–H groups in total. The highest BCUT2D eigenvalue weighted by atomic mass is 32.2. The summed E-state index contributed by atoms with van der Waals surface area (Å²) in [6.07, 6.45) is 6.43. The number of nitrogens with one attached hydrogen (secondary N) is 2. The Kier molecular flexibility index (Phi) is 8.76. The third-order valence-corrected chi connectivity index (χ3v) is 4.80. The lowest BCUT2D eigenvalue weighted by molar-refractivity contribution is 0.541. The van der Waals surface area contributed by atoms with E-state index in [0.29, 0.717) is 11.4 Å². The number of hydrogen-bond acceptors (Lipinski definition) is 4. The van der Waals surface area contributed by atoms with E-state index < -0.39 is 22.5 Å². The third-order valence-electron chi connectivity index (χ3n) is 3.99. The molecule has 2 aromatic carbocycles. The number of rotatable bonds is 11. The zero-order chi connectivity index (χ0) is 18.8. The Morgan fingerprint density at radius 3 is 1.27 bits per heavy atom. The molecule has 6 nitrogen and oxygen atoms in total. The van der Waals surface area contributed by atoms with Gasteiger partial charge in [0.1, 0.15) is 0 Å². The quantitative estimate of drug-likeness (QED) is 0.450. The number of aryl methyl sites for hydroxylation is 2.